The molecular formula is C17H18BrClO2. The van der Waals surface area contributed by atoms with Crippen LogP contribution in [0.3, 0.4) is 0 Å². The summed E-state index contributed by atoms with van der Waals surface area (Å²) in [5, 5.41) is 0.801. The lowest BCUT2D eigenvalue weighted by Gasteiger charge is -2.07. The average molecular weight is 370 g/mol. The smallest absolute Gasteiger partial charge is 0.146 e. The van der Waals surface area contributed by atoms with Gasteiger partial charge in [0, 0.05) is 16.6 Å². The van der Waals surface area contributed by atoms with Crippen LogP contribution in [0.4, 0.5) is 0 Å². The molecule has 21 heavy (non-hydrogen) atoms. The maximum atomic E-state index is 6.23. The number of methoxy groups -OCH3 is 1. The highest BCUT2D eigenvalue weighted by molar-refractivity contribution is 9.10. The highest BCUT2D eigenvalue weighted by Crippen LogP contribution is 2.23. The zero-order valence-corrected chi connectivity index (χ0v) is 14.3. The van der Waals surface area contributed by atoms with E-state index in [9.17, 15) is 0 Å². The normalized spacial score (nSPS) is 10.8. The molecule has 2 nitrogen and oxygen atoms in total. The zero-order chi connectivity index (χ0) is 15.1. The van der Waals surface area contributed by atoms with Crippen LogP contribution >= 0.6 is 27.5 Å². The van der Waals surface area contributed by atoms with Crippen LogP contribution in [0.1, 0.15) is 16.7 Å². The summed E-state index contributed by atoms with van der Waals surface area (Å²) in [5.74, 6) is 0. The van der Waals surface area contributed by atoms with Crippen LogP contribution in [-0.2, 0) is 22.3 Å². The third kappa shape index (κ3) is 5.44. The number of hydrogen-bond donors (Lipinski definition) is 0. The number of benzene rings is 2. The Morgan fingerprint density at radius 1 is 1.05 bits per heavy atom. The van der Waals surface area contributed by atoms with Gasteiger partial charge in [0.2, 0.25) is 0 Å². The maximum Gasteiger partial charge on any atom is 0.146 e. The predicted octanol–water partition coefficient (Wildman–Crippen LogP) is 4.86. The Hall–Kier alpha value is -0.870. The molecule has 0 spiro atoms. The van der Waals surface area contributed by atoms with Gasteiger partial charge < -0.3 is 9.47 Å². The van der Waals surface area contributed by atoms with E-state index in [1.807, 2.05) is 12.1 Å². The summed E-state index contributed by atoms with van der Waals surface area (Å²) >= 11 is 9.71. The van der Waals surface area contributed by atoms with Gasteiger partial charge in [-0.1, -0.05) is 51.8 Å². The fourth-order valence-corrected chi connectivity index (χ4v) is 2.65. The molecule has 0 aliphatic rings. The van der Waals surface area contributed by atoms with E-state index in [4.69, 9.17) is 21.1 Å². The predicted molar refractivity (Wildman–Crippen MR) is 89.9 cm³/mol. The summed E-state index contributed by atoms with van der Waals surface area (Å²) in [6, 6.07) is 14.5. The SMILES string of the molecule is COCOCCc1ccc(Cc2cc(Br)ccc2Cl)cc1. The van der Waals surface area contributed by atoms with Gasteiger partial charge in [-0.15, -0.1) is 0 Å². The number of hydrogen-bond acceptors (Lipinski definition) is 2. The minimum atomic E-state index is 0.347. The van der Waals surface area contributed by atoms with Gasteiger partial charge in [0.25, 0.3) is 0 Å². The highest BCUT2D eigenvalue weighted by atomic mass is 79.9. The van der Waals surface area contributed by atoms with Crippen LogP contribution in [0.5, 0.6) is 0 Å². The molecule has 0 unspecified atom stereocenters. The topological polar surface area (TPSA) is 18.5 Å². The third-order valence-electron chi connectivity index (χ3n) is 3.16. The standard InChI is InChI=1S/C17H18BrClO2/c1-20-12-21-9-8-13-2-4-14(5-3-13)10-15-11-16(18)6-7-17(15)19/h2-7,11H,8-10,12H2,1H3. The van der Waals surface area contributed by atoms with Crippen molar-refractivity contribution in [2.75, 3.05) is 20.5 Å². The fourth-order valence-electron chi connectivity index (χ4n) is 2.05. The van der Waals surface area contributed by atoms with E-state index in [1.165, 1.54) is 11.1 Å². The Kier molecular flexibility index (Phi) is 6.71. The molecule has 0 aliphatic carbocycles. The van der Waals surface area contributed by atoms with Gasteiger partial charge in [0.05, 0.1) is 6.61 Å². The van der Waals surface area contributed by atoms with Crippen LogP contribution in [0.2, 0.25) is 5.02 Å². The molecule has 0 aromatic heterocycles. The van der Waals surface area contributed by atoms with E-state index < -0.39 is 0 Å². The van der Waals surface area contributed by atoms with E-state index in [2.05, 4.69) is 46.3 Å². The van der Waals surface area contributed by atoms with Crippen LogP contribution < -0.4 is 0 Å². The average Bonchev–Trinajstić information content (AvgIpc) is 2.49. The first-order chi connectivity index (χ1) is 10.2. The first kappa shape index (κ1) is 16.5. The summed E-state index contributed by atoms with van der Waals surface area (Å²) < 4.78 is 11.2. The second-order valence-electron chi connectivity index (χ2n) is 4.79. The second kappa shape index (κ2) is 8.54. The monoisotopic (exact) mass is 368 g/mol. The van der Waals surface area contributed by atoms with Gasteiger partial charge in [-0.05, 0) is 47.7 Å². The van der Waals surface area contributed by atoms with E-state index in [1.54, 1.807) is 7.11 Å². The first-order valence-electron chi connectivity index (χ1n) is 6.77. The van der Waals surface area contributed by atoms with Crippen molar-refractivity contribution in [1.29, 1.82) is 0 Å². The van der Waals surface area contributed by atoms with Crippen molar-refractivity contribution >= 4 is 27.5 Å². The maximum absolute atomic E-state index is 6.23. The van der Waals surface area contributed by atoms with Crippen LogP contribution in [0, 0.1) is 0 Å². The molecule has 2 rings (SSSR count). The molecule has 4 heteroatoms. The quantitative estimate of drug-likeness (QED) is 0.513. The van der Waals surface area contributed by atoms with E-state index in [-0.39, 0.29) is 0 Å². The lowest BCUT2D eigenvalue weighted by atomic mass is 10.0. The van der Waals surface area contributed by atoms with Gasteiger partial charge in [0.1, 0.15) is 6.79 Å². The molecule has 0 fully saturated rings. The minimum absolute atomic E-state index is 0.347. The molecule has 2 aromatic carbocycles. The zero-order valence-electron chi connectivity index (χ0n) is 11.9. The molecule has 112 valence electrons. The van der Waals surface area contributed by atoms with Gasteiger partial charge in [-0.2, -0.15) is 0 Å². The molecule has 0 heterocycles. The molecule has 0 amide bonds. The number of rotatable bonds is 7. The highest BCUT2D eigenvalue weighted by Gasteiger charge is 2.03. The van der Waals surface area contributed by atoms with Gasteiger partial charge >= 0.3 is 0 Å². The molecule has 0 atom stereocenters. The van der Waals surface area contributed by atoms with Crippen molar-refractivity contribution in [1.82, 2.24) is 0 Å². The van der Waals surface area contributed by atoms with Crippen LogP contribution in [0.15, 0.2) is 46.9 Å². The molecule has 0 radical (unpaired) electrons. The summed E-state index contributed by atoms with van der Waals surface area (Å²) in [4.78, 5) is 0. The number of ether oxygens (including phenoxy) is 2. The van der Waals surface area contributed by atoms with Crippen molar-refractivity contribution in [3.8, 4) is 0 Å². The third-order valence-corrected chi connectivity index (χ3v) is 4.02. The minimum Gasteiger partial charge on any atom is -0.359 e. The Morgan fingerprint density at radius 2 is 1.76 bits per heavy atom. The number of halogens is 2. The Balaban J connectivity index is 1.94. The molecule has 0 bridgehead atoms. The van der Waals surface area contributed by atoms with Crippen molar-refractivity contribution in [2.24, 2.45) is 0 Å². The summed E-state index contributed by atoms with van der Waals surface area (Å²) in [5.41, 5.74) is 3.63. The summed E-state index contributed by atoms with van der Waals surface area (Å²) in [6.45, 7) is 1.02. The van der Waals surface area contributed by atoms with E-state index >= 15 is 0 Å². The van der Waals surface area contributed by atoms with Crippen LogP contribution in [0.25, 0.3) is 0 Å². The Labute approximate surface area is 139 Å². The Bertz CT molecular complexity index is 570. The molecule has 2 aromatic rings. The summed E-state index contributed by atoms with van der Waals surface area (Å²) in [6.07, 6.45) is 1.72. The summed E-state index contributed by atoms with van der Waals surface area (Å²) in [7, 11) is 1.63. The van der Waals surface area contributed by atoms with Crippen molar-refractivity contribution in [2.45, 2.75) is 12.8 Å². The lowest BCUT2D eigenvalue weighted by Crippen LogP contribution is -2.01. The molecule has 0 saturated carbocycles. The molecule has 0 aliphatic heterocycles. The largest absolute Gasteiger partial charge is 0.359 e. The van der Waals surface area contributed by atoms with Gasteiger partial charge in [0.15, 0.2) is 0 Å². The van der Waals surface area contributed by atoms with Crippen molar-refractivity contribution in [3.63, 3.8) is 0 Å². The van der Waals surface area contributed by atoms with Crippen molar-refractivity contribution in [3.05, 3.63) is 68.7 Å². The first-order valence-corrected chi connectivity index (χ1v) is 7.94. The second-order valence-corrected chi connectivity index (χ2v) is 6.12. The lowest BCUT2D eigenvalue weighted by molar-refractivity contribution is -0.0291. The molecular weight excluding hydrogens is 352 g/mol. The van der Waals surface area contributed by atoms with Crippen molar-refractivity contribution < 1.29 is 9.47 Å². The van der Waals surface area contributed by atoms with Gasteiger partial charge in [-0.3, -0.25) is 0 Å². The molecule has 0 N–H and O–H groups in total. The Morgan fingerprint density at radius 3 is 2.48 bits per heavy atom. The van der Waals surface area contributed by atoms with Gasteiger partial charge in [-0.25, -0.2) is 0 Å². The van der Waals surface area contributed by atoms with E-state index in [0.29, 0.717) is 13.4 Å². The van der Waals surface area contributed by atoms with E-state index in [0.717, 1.165) is 27.9 Å². The molecule has 0 saturated heterocycles. The van der Waals surface area contributed by atoms with Crippen LogP contribution in [-0.4, -0.2) is 20.5 Å². The fraction of sp³-hybridized carbons (Fsp3) is 0.294.